The highest BCUT2D eigenvalue weighted by Crippen LogP contribution is 2.36. The van der Waals surface area contributed by atoms with Crippen LogP contribution in [-0.4, -0.2) is 35.6 Å². The molecule has 1 heterocycles. The van der Waals surface area contributed by atoms with E-state index in [1.807, 2.05) is 7.05 Å². The highest BCUT2D eigenvalue weighted by Gasteiger charge is 2.36. The zero-order valence-electron chi connectivity index (χ0n) is 14.0. The van der Waals surface area contributed by atoms with E-state index in [1.54, 1.807) is 0 Å². The van der Waals surface area contributed by atoms with Crippen LogP contribution in [0.4, 0.5) is 0 Å². The quantitative estimate of drug-likeness (QED) is 0.720. The molecule has 1 fully saturated rings. The predicted molar refractivity (Wildman–Crippen MR) is 86.5 cm³/mol. The van der Waals surface area contributed by atoms with Crippen LogP contribution in [0.15, 0.2) is 12.3 Å². The fourth-order valence-corrected chi connectivity index (χ4v) is 3.16. The van der Waals surface area contributed by atoms with Gasteiger partial charge in [0, 0.05) is 25.3 Å². The lowest BCUT2D eigenvalue weighted by Crippen LogP contribution is -2.42. The van der Waals surface area contributed by atoms with Gasteiger partial charge in [-0.1, -0.05) is 13.8 Å². The van der Waals surface area contributed by atoms with E-state index in [2.05, 4.69) is 43.0 Å². The number of rotatable bonds is 10. The van der Waals surface area contributed by atoms with Crippen LogP contribution in [0.2, 0.25) is 0 Å². The zero-order valence-corrected chi connectivity index (χ0v) is 14.0. The van der Waals surface area contributed by atoms with Crippen molar-refractivity contribution in [1.29, 1.82) is 0 Å². The van der Waals surface area contributed by atoms with Crippen LogP contribution in [0.5, 0.6) is 0 Å². The normalized spacial score (nSPS) is 18.1. The van der Waals surface area contributed by atoms with Crippen LogP contribution in [0.25, 0.3) is 0 Å². The molecular weight excluding hydrogens is 262 g/mol. The van der Waals surface area contributed by atoms with Gasteiger partial charge in [-0.25, -0.2) is 0 Å². The monoisotopic (exact) mass is 293 g/mol. The molecule has 120 valence electrons. The summed E-state index contributed by atoms with van der Waals surface area (Å²) >= 11 is 0. The first-order valence-electron chi connectivity index (χ1n) is 8.56. The molecule has 4 nitrogen and oxygen atoms in total. The van der Waals surface area contributed by atoms with Gasteiger partial charge in [-0.3, -0.25) is 4.68 Å². The first-order valence-corrected chi connectivity index (χ1v) is 8.56. The van der Waals surface area contributed by atoms with Gasteiger partial charge in [0.1, 0.15) is 0 Å². The average Bonchev–Trinajstić information content (AvgIpc) is 3.24. The Kier molecular flexibility index (Phi) is 6.24. The fraction of sp³-hybridized carbons (Fsp3) is 0.824. The Balaban J connectivity index is 2.00. The number of nitrogens with one attached hydrogen (secondary N) is 1. The molecule has 2 unspecified atom stereocenters. The van der Waals surface area contributed by atoms with Gasteiger partial charge in [0.25, 0.3) is 0 Å². The minimum atomic E-state index is 0.332. The van der Waals surface area contributed by atoms with Crippen molar-refractivity contribution in [3.05, 3.63) is 18.0 Å². The molecule has 2 atom stereocenters. The summed E-state index contributed by atoms with van der Waals surface area (Å²) < 4.78 is 8.12. The molecule has 0 spiro atoms. The summed E-state index contributed by atoms with van der Waals surface area (Å²) in [6.07, 6.45) is 8.30. The van der Waals surface area contributed by atoms with Gasteiger partial charge in [0.05, 0.1) is 17.8 Å². The molecule has 1 aliphatic carbocycles. The molecule has 1 N–H and O–H groups in total. The van der Waals surface area contributed by atoms with Gasteiger partial charge in [0.2, 0.25) is 0 Å². The summed E-state index contributed by atoms with van der Waals surface area (Å²) in [7, 11) is 2.04. The zero-order chi connectivity index (χ0) is 15.2. The molecule has 0 saturated heterocycles. The molecule has 0 bridgehead atoms. The first kappa shape index (κ1) is 16.5. The van der Waals surface area contributed by atoms with Crippen molar-refractivity contribution in [3.8, 4) is 0 Å². The van der Waals surface area contributed by atoms with Crippen molar-refractivity contribution >= 4 is 0 Å². The van der Waals surface area contributed by atoms with Gasteiger partial charge < -0.3 is 10.1 Å². The molecule has 4 heteroatoms. The number of likely N-dealkylation sites (N-methyl/N-ethyl adjacent to an activating group) is 1. The Labute approximate surface area is 129 Å². The maximum absolute atomic E-state index is 5.99. The van der Waals surface area contributed by atoms with E-state index in [-0.39, 0.29) is 0 Å². The third kappa shape index (κ3) is 4.30. The number of nitrogens with zero attached hydrogens (tertiary/aromatic N) is 2. The van der Waals surface area contributed by atoms with Crippen molar-refractivity contribution in [2.24, 2.45) is 5.92 Å². The van der Waals surface area contributed by atoms with Crippen LogP contribution in [0, 0.1) is 5.92 Å². The third-order valence-corrected chi connectivity index (χ3v) is 4.62. The van der Waals surface area contributed by atoms with E-state index in [1.165, 1.54) is 18.5 Å². The topological polar surface area (TPSA) is 39.1 Å². The predicted octanol–water partition coefficient (Wildman–Crippen LogP) is 3.19. The van der Waals surface area contributed by atoms with Gasteiger partial charge in [0.15, 0.2) is 0 Å². The van der Waals surface area contributed by atoms with Crippen LogP contribution >= 0.6 is 0 Å². The second-order valence-electron chi connectivity index (χ2n) is 6.11. The Bertz CT molecular complexity index is 410. The molecule has 1 aliphatic rings. The molecule has 1 saturated carbocycles. The summed E-state index contributed by atoms with van der Waals surface area (Å²) in [6, 6.07) is 3.05. The van der Waals surface area contributed by atoms with E-state index < -0.39 is 0 Å². The first-order chi connectivity index (χ1) is 10.2. The van der Waals surface area contributed by atoms with Gasteiger partial charge in [-0.05, 0) is 51.6 Å². The highest BCUT2D eigenvalue weighted by molar-refractivity contribution is 5.05. The van der Waals surface area contributed by atoms with Crippen molar-refractivity contribution < 1.29 is 4.74 Å². The Hall–Kier alpha value is -0.870. The minimum Gasteiger partial charge on any atom is -0.377 e. The molecule has 0 amide bonds. The summed E-state index contributed by atoms with van der Waals surface area (Å²) in [5, 5.41) is 8.23. The summed E-state index contributed by atoms with van der Waals surface area (Å²) in [5.41, 5.74) is 1.17. The lowest BCUT2D eigenvalue weighted by Gasteiger charge is -2.26. The Morgan fingerprint density at radius 1 is 1.33 bits per heavy atom. The maximum atomic E-state index is 5.99. The van der Waals surface area contributed by atoms with E-state index in [9.17, 15) is 0 Å². The Morgan fingerprint density at radius 2 is 2.05 bits per heavy atom. The van der Waals surface area contributed by atoms with E-state index in [4.69, 9.17) is 9.84 Å². The number of hydrogen-bond acceptors (Lipinski definition) is 3. The van der Waals surface area contributed by atoms with Gasteiger partial charge in [-0.15, -0.1) is 0 Å². The van der Waals surface area contributed by atoms with Crippen LogP contribution < -0.4 is 5.32 Å². The fourth-order valence-electron chi connectivity index (χ4n) is 3.16. The van der Waals surface area contributed by atoms with Crippen molar-refractivity contribution in [2.75, 3.05) is 13.7 Å². The average molecular weight is 293 g/mol. The van der Waals surface area contributed by atoms with Crippen molar-refractivity contribution in [3.63, 3.8) is 0 Å². The molecule has 1 aromatic heterocycles. The maximum Gasteiger partial charge on any atom is 0.0759 e. The van der Waals surface area contributed by atoms with Gasteiger partial charge >= 0.3 is 0 Å². The van der Waals surface area contributed by atoms with Crippen molar-refractivity contribution in [2.45, 2.75) is 71.1 Å². The summed E-state index contributed by atoms with van der Waals surface area (Å²) in [4.78, 5) is 0. The van der Waals surface area contributed by atoms with Crippen LogP contribution in [-0.2, 0) is 11.2 Å². The standard InChI is InChI=1S/C17H31N3O/c1-5-15(6-2)20-11-10-14(19-20)12-16(18-4)17(21-7-3)13-8-9-13/h10-11,13,15-18H,5-9,12H2,1-4H3. The molecule has 0 aliphatic heterocycles. The van der Waals surface area contributed by atoms with E-state index in [0.29, 0.717) is 18.2 Å². The Morgan fingerprint density at radius 3 is 2.57 bits per heavy atom. The van der Waals surface area contributed by atoms with Gasteiger partial charge in [-0.2, -0.15) is 5.10 Å². The highest BCUT2D eigenvalue weighted by atomic mass is 16.5. The summed E-state index contributed by atoms with van der Waals surface area (Å²) in [5.74, 6) is 0.739. The van der Waals surface area contributed by atoms with Crippen LogP contribution in [0.1, 0.15) is 58.2 Å². The summed E-state index contributed by atoms with van der Waals surface area (Å²) in [6.45, 7) is 7.33. The van der Waals surface area contributed by atoms with E-state index in [0.717, 1.165) is 31.8 Å². The largest absolute Gasteiger partial charge is 0.377 e. The SMILES string of the molecule is CCOC(C1CC1)C(Cc1ccn(C(CC)CC)n1)NC. The number of hydrogen-bond donors (Lipinski definition) is 1. The van der Waals surface area contributed by atoms with Crippen LogP contribution in [0.3, 0.4) is 0 Å². The lowest BCUT2D eigenvalue weighted by molar-refractivity contribution is 0.0208. The minimum absolute atomic E-state index is 0.332. The molecule has 21 heavy (non-hydrogen) atoms. The molecule has 1 aromatic rings. The second-order valence-corrected chi connectivity index (χ2v) is 6.11. The lowest BCUT2D eigenvalue weighted by atomic mass is 10.0. The smallest absolute Gasteiger partial charge is 0.0759 e. The number of ether oxygens (including phenoxy) is 1. The number of aromatic nitrogens is 2. The molecule has 2 rings (SSSR count). The van der Waals surface area contributed by atoms with Crippen molar-refractivity contribution in [1.82, 2.24) is 15.1 Å². The second kappa shape index (κ2) is 7.95. The molecule has 0 radical (unpaired) electrons. The van der Waals surface area contributed by atoms with E-state index >= 15 is 0 Å². The molecule has 0 aromatic carbocycles. The third-order valence-electron chi connectivity index (χ3n) is 4.62. The molecular formula is C17H31N3O.